The number of H-pyrrole nitrogens is 1. The molecule has 0 amide bonds. The van der Waals surface area contributed by atoms with Crippen molar-refractivity contribution in [2.24, 2.45) is 0 Å². The molecule has 3 aromatic rings. The maximum Gasteiger partial charge on any atom is 0.0550 e. The van der Waals surface area contributed by atoms with Crippen LogP contribution in [0.3, 0.4) is 0 Å². The van der Waals surface area contributed by atoms with Crippen LogP contribution in [0.2, 0.25) is 0 Å². The molecule has 0 atom stereocenters. The Bertz CT molecular complexity index is 1100. The Labute approximate surface area is 134 Å². The molecule has 2 aliphatic rings. The summed E-state index contributed by atoms with van der Waals surface area (Å²) in [5.41, 5.74) is 7.48. The summed E-state index contributed by atoms with van der Waals surface area (Å²) in [4.78, 5) is 3.65. The zero-order chi connectivity index (χ0) is 15.2. The van der Waals surface area contributed by atoms with Gasteiger partial charge >= 0.3 is 0 Å². The van der Waals surface area contributed by atoms with E-state index in [0.717, 1.165) is 0 Å². The Kier molecular flexibility index (Phi) is 2.56. The molecule has 0 radical (unpaired) electrons. The SMILES string of the molecule is c1ccc(-c2c3cccc-3ccc3c2[nH]c2ccccc23)cc1. The normalized spacial score (nSPS) is 11.5. The van der Waals surface area contributed by atoms with E-state index in [0.29, 0.717) is 0 Å². The van der Waals surface area contributed by atoms with E-state index in [4.69, 9.17) is 0 Å². The Hall–Kier alpha value is -3.06. The molecule has 0 saturated carbocycles. The Balaban J connectivity index is 2.04. The Morgan fingerprint density at radius 2 is 1.30 bits per heavy atom. The lowest BCUT2D eigenvalue weighted by atomic mass is 9.99. The average molecular weight is 293 g/mol. The largest absolute Gasteiger partial charge is 0.354 e. The number of nitrogens with one attached hydrogen (secondary N) is 1. The summed E-state index contributed by atoms with van der Waals surface area (Å²) < 4.78 is 0. The van der Waals surface area contributed by atoms with Gasteiger partial charge in [-0.3, -0.25) is 0 Å². The zero-order valence-corrected chi connectivity index (χ0v) is 12.6. The van der Waals surface area contributed by atoms with Crippen molar-refractivity contribution in [2.75, 3.05) is 0 Å². The van der Waals surface area contributed by atoms with Gasteiger partial charge < -0.3 is 4.98 Å². The van der Waals surface area contributed by atoms with Crippen molar-refractivity contribution in [1.29, 1.82) is 0 Å². The summed E-state index contributed by atoms with van der Waals surface area (Å²) >= 11 is 0. The monoisotopic (exact) mass is 293 g/mol. The van der Waals surface area contributed by atoms with Gasteiger partial charge in [-0.15, -0.1) is 0 Å². The van der Waals surface area contributed by atoms with Crippen molar-refractivity contribution in [3.8, 4) is 22.3 Å². The van der Waals surface area contributed by atoms with Crippen LogP contribution in [-0.4, -0.2) is 4.98 Å². The van der Waals surface area contributed by atoms with Crippen LogP contribution in [0.4, 0.5) is 0 Å². The van der Waals surface area contributed by atoms with E-state index in [1.807, 2.05) is 0 Å². The molecule has 0 unspecified atom stereocenters. The molecule has 1 heteroatoms. The maximum absolute atomic E-state index is 3.65. The van der Waals surface area contributed by atoms with Gasteiger partial charge in [0.25, 0.3) is 0 Å². The predicted molar refractivity (Wildman–Crippen MR) is 97.9 cm³/mol. The van der Waals surface area contributed by atoms with Crippen LogP contribution in [0, 0.1) is 0 Å². The summed E-state index contributed by atoms with van der Waals surface area (Å²) in [5, 5.41) is 2.55. The molecule has 108 valence electrons. The van der Waals surface area contributed by atoms with E-state index in [-0.39, 0.29) is 0 Å². The molecular formula is C22H15N. The molecule has 0 fully saturated rings. The van der Waals surface area contributed by atoms with Crippen LogP contribution in [-0.2, 0) is 0 Å². The van der Waals surface area contributed by atoms with Gasteiger partial charge in [0, 0.05) is 21.9 Å². The van der Waals surface area contributed by atoms with Crippen molar-refractivity contribution in [2.45, 2.75) is 0 Å². The lowest BCUT2D eigenvalue weighted by Gasteiger charge is -2.06. The van der Waals surface area contributed by atoms with E-state index >= 15 is 0 Å². The second kappa shape index (κ2) is 4.72. The van der Waals surface area contributed by atoms with Gasteiger partial charge in [0.15, 0.2) is 0 Å². The molecule has 1 nitrogen and oxygen atoms in total. The zero-order valence-electron chi connectivity index (χ0n) is 12.6. The number of benzene rings is 2. The van der Waals surface area contributed by atoms with E-state index in [1.165, 1.54) is 44.1 Å². The summed E-state index contributed by atoms with van der Waals surface area (Å²) in [5.74, 6) is 0. The molecule has 1 aromatic heterocycles. The van der Waals surface area contributed by atoms with Crippen molar-refractivity contribution >= 4 is 21.8 Å². The molecule has 0 aliphatic heterocycles. The summed E-state index contributed by atoms with van der Waals surface area (Å²) in [6.07, 6.45) is 0. The number of para-hydroxylation sites is 1. The van der Waals surface area contributed by atoms with Gasteiger partial charge in [-0.1, -0.05) is 78.9 Å². The molecule has 23 heavy (non-hydrogen) atoms. The first-order chi connectivity index (χ1) is 11.4. The summed E-state index contributed by atoms with van der Waals surface area (Å²) in [6, 6.07) is 30.2. The molecule has 2 aromatic carbocycles. The minimum atomic E-state index is 1.19. The molecular weight excluding hydrogens is 278 g/mol. The number of hydrogen-bond acceptors (Lipinski definition) is 0. The van der Waals surface area contributed by atoms with E-state index in [2.05, 4.69) is 89.9 Å². The molecule has 5 rings (SSSR count). The van der Waals surface area contributed by atoms with E-state index in [1.54, 1.807) is 0 Å². The maximum atomic E-state index is 3.65. The van der Waals surface area contributed by atoms with Crippen LogP contribution in [0.5, 0.6) is 0 Å². The van der Waals surface area contributed by atoms with Gasteiger partial charge in [-0.25, -0.2) is 0 Å². The van der Waals surface area contributed by atoms with Gasteiger partial charge in [-0.05, 0) is 22.8 Å². The first kappa shape index (κ1) is 12.5. The third kappa shape index (κ3) is 1.80. The van der Waals surface area contributed by atoms with Gasteiger partial charge in [-0.2, -0.15) is 0 Å². The van der Waals surface area contributed by atoms with Crippen LogP contribution in [0.25, 0.3) is 44.1 Å². The molecule has 0 spiro atoms. The standard InChI is InChI=1S/C22H15N/c1-2-7-16(8-3-1)21-17-11-6-9-15(17)13-14-19-18-10-4-5-12-20(18)23-22(19)21/h1-14,23H. The highest BCUT2D eigenvalue weighted by Crippen LogP contribution is 2.40. The van der Waals surface area contributed by atoms with Crippen molar-refractivity contribution < 1.29 is 0 Å². The molecule has 2 aliphatic carbocycles. The van der Waals surface area contributed by atoms with Crippen LogP contribution >= 0.6 is 0 Å². The van der Waals surface area contributed by atoms with Crippen LogP contribution in [0.15, 0.2) is 84.9 Å². The minimum Gasteiger partial charge on any atom is -0.354 e. The first-order valence-electron chi connectivity index (χ1n) is 7.89. The summed E-state index contributed by atoms with van der Waals surface area (Å²) in [7, 11) is 0. The Morgan fingerprint density at radius 3 is 2.22 bits per heavy atom. The summed E-state index contributed by atoms with van der Waals surface area (Å²) in [6.45, 7) is 0. The Morgan fingerprint density at radius 1 is 0.522 bits per heavy atom. The molecule has 1 N–H and O–H groups in total. The lowest BCUT2D eigenvalue weighted by molar-refractivity contribution is 1.54. The second-order valence-corrected chi connectivity index (χ2v) is 5.93. The fraction of sp³-hybridized carbons (Fsp3) is 0. The number of rotatable bonds is 1. The minimum absolute atomic E-state index is 1.19. The molecule has 1 heterocycles. The van der Waals surface area contributed by atoms with Crippen molar-refractivity contribution in [3.63, 3.8) is 0 Å². The fourth-order valence-corrected chi connectivity index (χ4v) is 3.55. The highest BCUT2D eigenvalue weighted by molar-refractivity contribution is 6.14. The number of aromatic nitrogens is 1. The second-order valence-electron chi connectivity index (χ2n) is 5.93. The number of aromatic amines is 1. The first-order valence-corrected chi connectivity index (χ1v) is 7.89. The third-order valence-electron chi connectivity index (χ3n) is 4.61. The van der Waals surface area contributed by atoms with E-state index < -0.39 is 0 Å². The third-order valence-corrected chi connectivity index (χ3v) is 4.61. The van der Waals surface area contributed by atoms with Gasteiger partial charge in [0.05, 0.1) is 5.52 Å². The van der Waals surface area contributed by atoms with Crippen LogP contribution in [0.1, 0.15) is 0 Å². The average Bonchev–Trinajstić information content (AvgIpc) is 3.16. The van der Waals surface area contributed by atoms with Crippen molar-refractivity contribution in [1.82, 2.24) is 4.98 Å². The van der Waals surface area contributed by atoms with Crippen molar-refractivity contribution in [3.05, 3.63) is 84.9 Å². The topological polar surface area (TPSA) is 15.8 Å². The molecule has 0 bridgehead atoms. The molecule has 0 saturated heterocycles. The van der Waals surface area contributed by atoms with Gasteiger partial charge in [0.1, 0.15) is 0 Å². The highest BCUT2D eigenvalue weighted by Gasteiger charge is 2.15. The van der Waals surface area contributed by atoms with Crippen LogP contribution < -0.4 is 0 Å². The quantitative estimate of drug-likeness (QED) is 0.385. The van der Waals surface area contributed by atoms with E-state index in [9.17, 15) is 0 Å². The number of hydrogen-bond donors (Lipinski definition) is 1. The fourth-order valence-electron chi connectivity index (χ4n) is 3.55. The number of fused-ring (bicyclic) bond motifs is 4. The van der Waals surface area contributed by atoms with Gasteiger partial charge in [0.2, 0.25) is 0 Å². The smallest absolute Gasteiger partial charge is 0.0550 e. The highest BCUT2D eigenvalue weighted by atomic mass is 14.7. The lowest BCUT2D eigenvalue weighted by Crippen LogP contribution is -1.81. The predicted octanol–water partition coefficient (Wildman–Crippen LogP) is 6.09.